The van der Waals surface area contributed by atoms with Crippen LogP contribution in [0.3, 0.4) is 0 Å². The van der Waals surface area contributed by atoms with Gasteiger partial charge in [0.2, 0.25) is 0 Å². The second-order valence-electron chi connectivity index (χ2n) is 3.45. The Morgan fingerprint density at radius 3 is 2.71 bits per heavy atom. The second-order valence-corrected chi connectivity index (χ2v) is 3.45. The average Bonchev–Trinajstić information content (AvgIpc) is 2.55. The minimum Gasteiger partial charge on any atom is -0.386 e. The predicted molar refractivity (Wildman–Crippen MR) is 53.0 cm³/mol. The fourth-order valence-corrected chi connectivity index (χ4v) is 0.898. The second kappa shape index (κ2) is 4.19. The molecule has 76 valence electrons. The Hall–Kier alpha value is -1.42. The Morgan fingerprint density at radius 2 is 2.29 bits per heavy atom. The highest BCUT2D eigenvalue weighted by Gasteiger charge is 2.16. The lowest BCUT2D eigenvalue weighted by molar-refractivity contribution is 0.122. The molecule has 4 heteroatoms. The van der Waals surface area contributed by atoms with Gasteiger partial charge in [0.1, 0.15) is 0 Å². The number of imidazole rings is 1. The van der Waals surface area contributed by atoms with Gasteiger partial charge in [-0.05, 0) is 19.9 Å². The zero-order chi connectivity index (χ0) is 10.6. The largest absolute Gasteiger partial charge is 0.386 e. The fourth-order valence-electron chi connectivity index (χ4n) is 0.898. The minimum atomic E-state index is -1.17. The lowest BCUT2D eigenvalue weighted by atomic mass is 10.00. The molecular weight excluding hydrogens is 183 g/mol. The molecule has 0 atom stereocenters. The summed E-state index contributed by atoms with van der Waals surface area (Å²) in [5.41, 5.74) is -0.961. The molecule has 3 nitrogen and oxygen atoms in total. The molecule has 1 aromatic heterocycles. The van der Waals surface area contributed by atoms with Crippen molar-refractivity contribution in [3.8, 4) is 0 Å². The molecule has 0 unspecified atom stereocenters. The number of rotatable bonds is 3. The Kier molecular flexibility index (Phi) is 3.19. The molecule has 1 N–H and O–H groups in total. The highest BCUT2D eigenvalue weighted by Crippen LogP contribution is 2.17. The van der Waals surface area contributed by atoms with Gasteiger partial charge in [-0.25, -0.2) is 9.37 Å². The maximum Gasteiger partial charge on any atom is 0.0986 e. The van der Waals surface area contributed by atoms with E-state index in [-0.39, 0.29) is 5.57 Å². The summed E-state index contributed by atoms with van der Waals surface area (Å²) in [5.74, 6) is 0. The molecule has 0 saturated carbocycles. The average molecular weight is 196 g/mol. The molecule has 0 aromatic carbocycles. The lowest BCUT2D eigenvalue weighted by Crippen LogP contribution is -2.20. The van der Waals surface area contributed by atoms with Crippen molar-refractivity contribution in [2.75, 3.05) is 0 Å². The van der Waals surface area contributed by atoms with E-state index in [1.54, 1.807) is 29.5 Å². The Labute approximate surface area is 82.2 Å². The summed E-state index contributed by atoms with van der Waals surface area (Å²) < 4.78 is 14.0. The highest BCUT2D eigenvalue weighted by atomic mass is 19.1. The molecule has 0 saturated heterocycles. The SMILES string of the molecule is CC(C)(O)C(/C=C\n1ccnc1)=C\F. The van der Waals surface area contributed by atoms with E-state index >= 15 is 0 Å². The van der Waals surface area contributed by atoms with Crippen LogP contribution >= 0.6 is 0 Å². The maximum atomic E-state index is 12.4. The van der Waals surface area contributed by atoms with E-state index in [0.29, 0.717) is 6.33 Å². The molecule has 0 bridgehead atoms. The normalized spacial score (nSPS) is 13.9. The van der Waals surface area contributed by atoms with Gasteiger partial charge in [-0.15, -0.1) is 0 Å². The van der Waals surface area contributed by atoms with Crippen molar-refractivity contribution in [2.24, 2.45) is 0 Å². The van der Waals surface area contributed by atoms with Crippen molar-refractivity contribution in [2.45, 2.75) is 19.4 Å². The van der Waals surface area contributed by atoms with Crippen LogP contribution in [0.1, 0.15) is 13.8 Å². The lowest BCUT2D eigenvalue weighted by Gasteiger charge is -2.17. The molecular formula is C10H13FN2O. The maximum absolute atomic E-state index is 12.4. The van der Waals surface area contributed by atoms with Crippen LogP contribution in [0.4, 0.5) is 4.39 Å². The molecule has 0 fully saturated rings. The van der Waals surface area contributed by atoms with E-state index in [9.17, 15) is 9.50 Å². The zero-order valence-corrected chi connectivity index (χ0v) is 8.18. The minimum absolute atomic E-state index is 0.214. The Bertz CT molecular complexity index is 334. The highest BCUT2D eigenvalue weighted by molar-refractivity contribution is 5.37. The fraction of sp³-hybridized carbons (Fsp3) is 0.300. The summed E-state index contributed by atoms with van der Waals surface area (Å²) >= 11 is 0. The van der Waals surface area contributed by atoms with Crippen LogP contribution in [-0.2, 0) is 0 Å². The van der Waals surface area contributed by atoms with Crippen LogP contribution in [0.15, 0.2) is 36.7 Å². The van der Waals surface area contributed by atoms with Gasteiger partial charge in [0, 0.05) is 24.2 Å². The Morgan fingerprint density at radius 1 is 1.57 bits per heavy atom. The summed E-state index contributed by atoms with van der Waals surface area (Å²) in [6.45, 7) is 3.05. The first kappa shape index (κ1) is 10.7. The zero-order valence-electron chi connectivity index (χ0n) is 8.18. The molecule has 1 heterocycles. The van der Waals surface area contributed by atoms with Crippen molar-refractivity contribution < 1.29 is 9.50 Å². The molecule has 0 aliphatic heterocycles. The summed E-state index contributed by atoms with van der Waals surface area (Å²) in [7, 11) is 0. The number of halogens is 1. The van der Waals surface area contributed by atoms with Gasteiger partial charge in [0.15, 0.2) is 0 Å². The van der Waals surface area contributed by atoms with Crippen molar-refractivity contribution in [1.82, 2.24) is 9.55 Å². The third kappa shape index (κ3) is 2.81. The van der Waals surface area contributed by atoms with E-state index in [4.69, 9.17) is 0 Å². The van der Waals surface area contributed by atoms with E-state index < -0.39 is 5.60 Å². The molecule has 0 spiro atoms. The number of hydrogen-bond acceptors (Lipinski definition) is 2. The van der Waals surface area contributed by atoms with Crippen LogP contribution in [0, 0.1) is 0 Å². The molecule has 1 aromatic rings. The third-order valence-corrected chi connectivity index (χ3v) is 1.78. The van der Waals surface area contributed by atoms with E-state index in [0.717, 1.165) is 0 Å². The van der Waals surface area contributed by atoms with Gasteiger partial charge in [-0.1, -0.05) is 0 Å². The summed E-state index contributed by atoms with van der Waals surface area (Å²) in [4.78, 5) is 3.82. The molecule has 0 aliphatic carbocycles. The number of aromatic nitrogens is 2. The van der Waals surface area contributed by atoms with Crippen LogP contribution in [0.5, 0.6) is 0 Å². The molecule has 0 aliphatic rings. The first-order valence-corrected chi connectivity index (χ1v) is 4.23. The first-order chi connectivity index (χ1) is 6.54. The third-order valence-electron chi connectivity index (χ3n) is 1.78. The van der Waals surface area contributed by atoms with Crippen LogP contribution in [0.2, 0.25) is 0 Å². The van der Waals surface area contributed by atoms with E-state index in [2.05, 4.69) is 4.98 Å². The summed E-state index contributed by atoms with van der Waals surface area (Å²) in [6, 6.07) is 0. The number of nitrogens with zero attached hydrogens (tertiary/aromatic N) is 2. The quantitative estimate of drug-likeness (QED) is 0.750. The molecule has 0 amide bonds. The number of hydrogen-bond donors (Lipinski definition) is 1. The van der Waals surface area contributed by atoms with Crippen molar-refractivity contribution in [3.63, 3.8) is 0 Å². The first-order valence-electron chi connectivity index (χ1n) is 4.23. The molecule has 14 heavy (non-hydrogen) atoms. The summed E-state index contributed by atoms with van der Waals surface area (Å²) in [6.07, 6.45) is 8.44. The van der Waals surface area contributed by atoms with Gasteiger partial charge in [-0.3, -0.25) is 0 Å². The molecule has 0 radical (unpaired) electrons. The van der Waals surface area contributed by atoms with Crippen molar-refractivity contribution in [3.05, 3.63) is 36.7 Å². The van der Waals surface area contributed by atoms with Gasteiger partial charge < -0.3 is 9.67 Å². The molecule has 1 rings (SSSR count). The van der Waals surface area contributed by atoms with Crippen LogP contribution in [0.25, 0.3) is 6.20 Å². The van der Waals surface area contributed by atoms with E-state index in [1.807, 2.05) is 0 Å². The topological polar surface area (TPSA) is 38.0 Å². The van der Waals surface area contributed by atoms with Crippen LogP contribution in [-0.4, -0.2) is 20.3 Å². The van der Waals surface area contributed by atoms with Gasteiger partial charge in [0.25, 0.3) is 0 Å². The van der Waals surface area contributed by atoms with E-state index in [1.165, 1.54) is 19.9 Å². The predicted octanol–water partition coefficient (Wildman–Crippen LogP) is 1.98. The van der Waals surface area contributed by atoms with Gasteiger partial charge >= 0.3 is 0 Å². The van der Waals surface area contributed by atoms with Crippen molar-refractivity contribution in [1.29, 1.82) is 0 Å². The van der Waals surface area contributed by atoms with Gasteiger partial charge in [-0.2, -0.15) is 0 Å². The van der Waals surface area contributed by atoms with Crippen molar-refractivity contribution >= 4 is 6.20 Å². The Balaban J connectivity index is 2.77. The van der Waals surface area contributed by atoms with Crippen LogP contribution < -0.4 is 0 Å². The standard InChI is InChI=1S/C10H13FN2O/c1-10(2,14)9(7-11)3-5-13-6-4-12-8-13/h3-8,14H,1-2H3/b5-3-,9-7-. The monoisotopic (exact) mass is 196 g/mol. The smallest absolute Gasteiger partial charge is 0.0986 e. The van der Waals surface area contributed by atoms with Gasteiger partial charge in [0.05, 0.1) is 18.3 Å². The summed E-state index contributed by atoms with van der Waals surface area (Å²) in [5, 5.41) is 9.52. The number of aliphatic hydroxyl groups is 1.